The summed E-state index contributed by atoms with van der Waals surface area (Å²) in [5.74, 6) is 0.365. The number of carbonyl (C=O) groups is 1. The molecule has 1 saturated heterocycles. The van der Waals surface area contributed by atoms with E-state index in [1.165, 1.54) is 0 Å². The van der Waals surface area contributed by atoms with Crippen LogP contribution in [0, 0.1) is 5.92 Å². The smallest absolute Gasteiger partial charge is 0.264 e. The normalized spacial score (nSPS) is 28.0. The van der Waals surface area contributed by atoms with Gasteiger partial charge in [-0.1, -0.05) is 18.2 Å². The second-order valence-corrected chi connectivity index (χ2v) is 7.23. The second kappa shape index (κ2) is 5.65. The van der Waals surface area contributed by atoms with Gasteiger partial charge in [0.2, 0.25) is 0 Å². The SMILES string of the molecule is O=C(c1cc2ccccc2s1)N1CCO[C@H]2C[C@H](CO)C[C@@H]21. The lowest BCUT2D eigenvalue weighted by Gasteiger charge is -2.37. The number of hydrogen-bond donors (Lipinski definition) is 1. The average molecular weight is 317 g/mol. The van der Waals surface area contributed by atoms with E-state index in [-0.39, 0.29) is 30.6 Å². The van der Waals surface area contributed by atoms with Gasteiger partial charge in [-0.3, -0.25) is 4.79 Å². The number of fused-ring (bicyclic) bond motifs is 2. The van der Waals surface area contributed by atoms with Gasteiger partial charge in [0.25, 0.3) is 5.91 Å². The summed E-state index contributed by atoms with van der Waals surface area (Å²) in [6, 6.07) is 10.2. The highest BCUT2D eigenvalue weighted by Gasteiger charge is 2.42. The summed E-state index contributed by atoms with van der Waals surface area (Å²) in [5.41, 5.74) is 0. The highest BCUT2D eigenvalue weighted by molar-refractivity contribution is 7.20. The number of aliphatic hydroxyl groups is 1. The number of morpholine rings is 1. The molecule has 0 bridgehead atoms. The van der Waals surface area contributed by atoms with E-state index in [2.05, 4.69) is 6.07 Å². The van der Waals surface area contributed by atoms with Crippen molar-refractivity contribution in [2.24, 2.45) is 5.92 Å². The Morgan fingerprint density at radius 1 is 1.36 bits per heavy atom. The first-order valence-corrected chi connectivity index (χ1v) is 8.60. The van der Waals surface area contributed by atoms with Crippen LogP contribution in [0.5, 0.6) is 0 Å². The minimum absolute atomic E-state index is 0.0872. The molecule has 1 aliphatic carbocycles. The number of thiophene rings is 1. The number of nitrogens with zero attached hydrogens (tertiary/aromatic N) is 1. The lowest BCUT2D eigenvalue weighted by molar-refractivity contribution is -0.0447. The lowest BCUT2D eigenvalue weighted by Crippen LogP contribution is -2.51. The van der Waals surface area contributed by atoms with Crippen LogP contribution in [-0.4, -0.2) is 47.8 Å². The van der Waals surface area contributed by atoms with Crippen molar-refractivity contribution in [2.75, 3.05) is 19.8 Å². The number of ether oxygens (including phenoxy) is 1. The number of rotatable bonds is 2. The van der Waals surface area contributed by atoms with Crippen LogP contribution in [-0.2, 0) is 4.74 Å². The Morgan fingerprint density at radius 3 is 3.05 bits per heavy atom. The Balaban J connectivity index is 1.61. The Labute approximate surface area is 133 Å². The quantitative estimate of drug-likeness (QED) is 0.926. The van der Waals surface area contributed by atoms with E-state index in [1.54, 1.807) is 11.3 Å². The summed E-state index contributed by atoms with van der Waals surface area (Å²) in [6.45, 7) is 1.42. The van der Waals surface area contributed by atoms with Crippen molar-refractivity contribution in [1.29, 1.82) is 0 Å². The fourth-order valence-electron chi connectivity index (χ4n) is 3.68. The Bertz CT molecular complexity index is 665. The molecular formula is C17H19NO3S. The maximum Gasteiger partial charge on any atom is 0.264 e. The summed E-state index contributed by atoms with van der Waals surface area (Å²) in [4.78, 5) is 15.7. The molecule has 1 aromatic carbocycles. The molecule has 1 saturated carbocycles. The summed E-state index contributed by atoms with van der Waals surface area (Å²) < 4.78 is 6.96. The number of aliphatic hydroxyl groups excluding tert-OH is 1. The third-order valence-electron chi connectivity index (χ3n) is 4.79. The molecule has 1 amide bonds. The molecule has 2 aromatic rings. The maximum absolute atomic E-state index is 12.9. The van der Waals surface area contributed by atoms with E-state index < -0.39 is 0 Å². The molecule has 5 heteroatoms. The molecule has 2 fully saturated rings. The number of hydrogen-bond acceptors (Lipinski definition) is 4. The van der Waals surface area contributed by atoms with Crippen LogP contribution in [0.15, 0.2) is 30.3 Å². The van der Waals surface area contributed by atoms with E-state index >= 15 is 0 Å². The van der Waals surface area contributed by atoms with E-state index in [4.69, 9.17) is 4.74 Å². The van der Waals surface area contributed by atoms with E-state index in [0.29, 0.717) is 13.2 Å². The summed E-state index contributed by atoms with van der Waals surface area (Å²) in [7, 11) is 0. The first-order valence-electron chi connectivity index (χ1n) is 7.78. The van der Waals surface area contributed by atoms with Gasteiger partial charge in [0.1, 0.15) is 0 Å². The minimum atomic E-state index is 0.0872. The van der Waals surface area contributed by atoms with Crippen molar-refractivity contribution >= 4 is 27.3 Å². The first-order chi connectivity index (χ1) is 10.8. The Hall–Kier alpha value is -1.43. The third-order valence-corrected chi connectivity index (χ3v) is 5.89. The molecule has 22 heavy (non-hydrogen) atoms. The van der Waals surface area contributed by atoms with Gasteiger partial charge in [-0.05, 0) is 36.3 Å². The standard InChI is InChI=1S/C17H19NO3S/c19-10-11-7-13-14(8-11)21-6-5-18(13)17(20)16-9-12-3-1-2-4-15(12)22-16/h1-4,9,11,13-14,19H,5-8,10H2/t11-,13+,14+/m1/s1. The second-order valence-electron chi connectivity index (χ2n) is 6.14. The van der Waals surface area contributed by atoms with Crippen molar-refractivity contribution in [3.8, 4) is 0 Å². The largest absolute Gasteiger partial charge is 0.396 e. The molecule has 2 heterocycles. The molecule has 1 aliphatic heterocycles. The molecule has 1 aromatic heterocycles. The maximum atomic E-state index is 12.9. The average Bonchev–Trinajstić information content (AvgIpc) is 3.16. The zero-order valence-corrected chi connectivity index (χ0v) is 13.1. The van der Waals surface area contributed by atoms with Crippen molar-refractivity contribution in [2.45, 2.75) is 25.0 Å². The number of carbonyl (C=O) groups excluding carboxylic acids is 1. The number of benzene rings is 1. The van der Waals surface area contributed by atoms with E-state index in [9.17, 15) is 9.90 Å². The number of amides is 1. The van der Waals surface area contributed by atoms with Crippen LogP contribution in [0.1, 0.15) is 22.5 Å². The predicted molar refractivity (Wildman–Crippen MR) is 86.2 cm³/mol. The van der Waals surface area contributed by atoms with Crippen LogP contribution in [0.4, 0.5) is 0 Å². The molecule has 0 radical (unpaired) electrons. The van der Waals surface area contributed by atoms with Gasteiger partial charge >= 0.3 is 0 Å². The third kappa shape index (κ3) is 2.33. The summed E-state index contributed by atoms with van der Waals surface area (Å²) >= 11 is 1.56. The van der Waals surface area contributed by atoms with Gasteiger partial charge in [-0.15, -0.1) is 11.3 Å². The molecule has 4 nitrogen and oxygen atoms in total. The lowest BCUT2D eigenvalue weighted by atomic mass is 10.1. The fraction of sp³-hybridized carbons (Fsp3) is 0.471. The van der Waals surface area contributed by atoms with Crippen LogP contribution in [0.2, 0.25) is 0 Å². The van der Waals surface area contributed by atoms with Gasteiger partial charge in [0.05, 0.1) is 23.6 Å². The van der Waals surface area contributed by atoms with Crippen LogP contribution < -0.4 is 0 Å². The van der Waals surface area contributed by atoms with Crippen LogP contribution in [0.25, 0.3) is 10.1 Å². The van der Waals surface area contributed by atoms with Gasteiger partial charge < -0.3 is 14.7 Å². The van der Waals surface area contributed by atoms with Gasteiger partial charge in [-0.25, -0.2) is 0 Å². The van der Waals surface area contributed by atoms with Gasteiger partial charge in [0, 0.05) is 17.9 Å². The van der Waals surface area contributed by atoms with Gasteiger partial charge in [-0.2, -0.15) is 0 Å². The van der Waals surface area contributed by atoms with Crippen molar-refractivity contribution < 1.29 is 14.6 Å². The van der Waals surface area contributed by atoms with Crippen LogP contribution >= 0.6 is 11.3 Å². The van der Waals surface area contributed by atoms with Crippen molar-refractivity contribution in [3.05, 3.63) is 35.2 Å². The molecule has 1 N–H and O–H groups in total. The first kappa shape index (κ1) is 14.2. The molecule has 0 spiro atoms. The monoisotopic (exact) mass is 317 g/mol. The topological polar surface area (TPSA) is 49.8 Å². The molecule has 2 aliphatic rings. The molecular weight excluding hydrogens is 298 g/mol. The molecule has 0 unspecified atom stereocenters. The molecule has 3 atom stereocenters. The highest BCUT2D eigenvalue weighted by Crippen LogP contribution is 2.36. The van der Waals surface area contributed by atoms with E-state index in [1.807, 2.05) is 29.2 Å². The van der Waals surface area contributed by atoms with Crippen molar-refractivity contribution in [3.63, 3.8) is 0 Å². The summed E-state index contributed by atoms with van der Waals surface area (Å²) in [6.07, 6.45) is 1.79. The Morgan fingerprint density at radius 2 is 2.23 bits per heavy atom. The summed E-state index contributed by atoms with van der Waals surface area (Å²) in [5, 5.41) is 10.5. The van der Waals surface area contributed by atoms with Crippen LogP contribution in [0.3, 0.4) is 0 Å². The zero-order valence-electron chi connectivity index (χ0n) is 12.3. The van der Waals surface area contributed by atoms with E-state index in [0.717, 1.165) is 27.8 Å². The highest BCUT2D eigenvalue weighted by atomic mass is 32.1. The Kier molecular flexibility index (Phi) is 3.64. The molecule has 116 valence electrons. The molecule has 4 rings (SSSR count). The fourth-order valence-corrected chi connectivity index (χ4v) is 4.70. The van der Waals surface area contributed by atoms with Crippen molar-refractivity contribution in [1.82, 2.24) is 4.90 Å². The minimum Gasteiger partial charge on any atom is -0.396 e. The van der Waals surface area contributed by atoms with Gasteiger partial charge in [0.15, 0.2) is 0 Å². The zero-order chi connectivity index (χ0) is 15.1. The predicted octanol–water partition coefficient (Wildman–Crippen LogP) is 2.51.